The molecule has 0 spiro atoms. The van der Waals surface area contributed by atoms with E-state index in [9.17, 15) is 0 Å². The zero-order valence-corrected chi connectivity index (χ0v) is 10.1. The third-order valence-corrected chi connectivity index (χ3v) is 3.04. The topological polar surface area (TPSA) is 72.3 Å². The normalized spacial score (nSPS) is 21.4. The van der Waals surface area contributed by atoms with Gasteiger partial charge < -0.3 is 0 Å². The molecule has 0 fully saturated rings. The highest BCUT2D eigenvalue weighted by atomic mass is 35.5. The smallest absolute Gasteiger partial charge is 0.172 e. The molecule has 4 nitrogen and oxygen atoms in total. The minimum absolute atomic E-state index is 0.139. The number of hydrogen-bond acceptors (Lipinski definition) is 4. The van der Waals surface area contributed by atoms with Gasteiger partial charge in [-0.2, -0.15) is 20.5 Å². The minimum atomic E-state index is 0.139. The summed E-state index contributed by atoms with van der Waals surface area (Å²) in [6.07, 6.45) is 3.32. The zero-order chi connectivity index (χ0) is 12.3. The molecule has 0 aliphatic heterocycles. The molecule has 0 unspecified atom stereocenters. The quantitative estimate of drug-likeness (QED) is 0.491. The molecule has 1 aliphatic carbocycles. The van der Waals surface area contributed by atoms with E-state index in [-0.39, 0.29) is 10.1 Å². The van der Waals surface area contributed by atoms with Crippen molar-refractivity contribution in [3.8, 4) is 12.4 Å². The summed E-state index contributed by atoms with van der Waals surface area (Å²) in [5.41, 5.74) is 2.02. The first kappa shape index (κ1) is 12.4. The number of halogens is 2. The van der Waals surface area contributed by atoms with Crippen LogP contribution >= 0.6 is 23.2 Å². The van der Waals surface area contributed by atoms with Crippen LogP contribution in [-0.2, 0) is 0 Å². The Morgan fingerprint density at radius 2 is 1.19 bits per heavy atom. The molecule has 0 heterocycles. The summed E-state index contributed by atoms with van der Waals surface area (Å²) in [5.74, 6) is 0. The van der Waals surface area contributed by atoms with E-state index in [4.69, 9.17) is 33.7 Å². The summed E-state index contributed by atoms with van der Waals surface area (Å²) in [4.78, 5) is 7.19. The number of nitrogens with zero attached hydrogens (tertiary/aromatic N) is 4. The maximum absolute atomic E-state index is 8.53. The van der Waals surface area contributed by atoms with Gasteiger partial charge in [0.25, 0.3) is 0 Å². The molecule has 0 aromatic rings. The Kier molecular flexibility index (Phi) is 3.84. The first-order valence-electron chi connectivity index (χ1n) is 4.22. The van der Waals surface area contributed by atoms with Crippen LogP contribution in [0.5, 0.6) is 0 Å². The number of rotatable bonds is 0. The molecule has 0 aromatic heterocycles. The average Bonchev–Trinajstić information content (AvgIpc) is 2.28. The van der Waals surface area contributed by atoms with Crippen molar-refractivity contribution in [1.29, 1.82) is 10.5 Å². The lowest BCUT2D eigenvalue weighted by atomic mass is 9.95. The Morgan fingerprint density at radius 3 is 1.44 bits per heavy atom. The standard InChI is InChI=1S/C10H6Cl2N4/c1-5-6(2)10(16-4-14)8(12)7(11)9(5)15-3-13/h1-2H3. The Balaban J connectivity index is 3.52. The molecule has 0 aromatic carbocycles. The second-order valence-corrected chi connectivity index (χ2v) is 3.75. The van der Waals surface area contributed by atoms with Gasteiger partial charge in [0.05, 0.1) is 21.5 Å². The molecule has 0 N–H and O–H groups in total. The number of allylic oxidation sites excluding steroid dienone is 4. The molecule has 16 heavy (non-hydrogen) atoms. The highest BCUT2D eigenvalue weighted by molar-refractivity contribution is 6.60. The molecule has 0 atom stereocenters. The van der Waals surface area contributed by atoms with Crippen molar-refractivity contribution in [3.63, 3.8) is 0 Å². The number of hydrogen-bond donors (Lipinski definition) is 0. The largest absolute Gasteiger partial charge is 0.206 e. The molecule has 1 rings (SSSR count). The van der Waals surface area contributed by atoms with Gasteiger partial charge in [-0.15, -0.1) is 0 Å². The molecule has 0 radical (unpaired) electrons. The van der Waals surface area contributed by atoms with Crippen molar-refractivity contribution in [2.75, 3.05) is 0 Å². The maximum Gasteiger partial charge on any atom is 0.206 e. The van der Waals surface area contributed by atoms with Gasteiger partial charge in [0, 0.05) is 0 Å². The molecule has 0 amide bonds. The Hall–Kier alpha value is -1.62. The van der Waals surface area contributed by atoms with Crippen molar-refractivity contribution < 1.29 is 0 Å². The van der Waals surface area contributed by atoms with Crippen LogP contribution in [0.2, 0.25) is 0 Å². The van der Waals surface area contributed by atoms with Gasteiger partial charge >= 0.3 is 0 Å². The second-order valence-electron chi connectivity index (χ2n) is 3.00. The van der Waals surface area contributed by atoms with Gasteiger partial charge in [0.15, 0.2) is 0 Å². The van der Waals surface area contributed by atoms with E-state index in [0.717, 1.165) is 0 Å². The predicted octanol–water partition coefficient (Wildman–Crippen LogP) is 2.87. The fraction of sp³-hybridized carbons (Fsp3) is 0.200. The Bertz CT molecular complexity index is 460. The van der Waals surface area contributed by atoms with Crippen LogP contribution in [0.1, 0.15) is 13.8 Å². The molecular weight excluding hydrogens is 247 g/mol. The van der Waals surface area contributed by atoms with E-state index in [1.165, 1.54) is 0 Å². The van der Waals surface area contributed by atoms with Crippen LogP contribution in [0.4, 0.5) is 0 Å². The lowest BCUT2D eigenvalue weighted by molar-refractivity contribution is 1.36. The molecule has 80 valence electrons. The van der Waals surface area contributed by atoms with Crippen LogP contribution in [0, 0.1) is 22.9 Å². The van der Waals surface area contributed by atoms with E-state index < -0.39 is 0 Å². The molecule has 0 bridgehead atoms. The van der Waals surface area contributed by atoms with Gasteiger partial charge in [0.1, 0.15) is 0 Å². The lowest BCUT2D eigenvalue weighted by Gasteiger charge is -2.17. The lowest BCUT2D eigenvalue weighted by Crippen LogP contribution is -2.17. The highest BCUT2D eigenvalue weighted by Crippen LogP contribution is 2.30. The molecule has 1 aliphatic rings. The van der Waals surface area contributed by atoms with Crippen molar-refractivity contribution >= 4 is 34.6 Å². The molecular formula is C10H6Cl2N4. The first-order chi connectivity index (χ1) is 7.54. The third kappa shape index (κ3) is 1.99. The summed E-state index contributed by atoms with van der Waals surface area (Å²) in [5, 5.41) is 17.3. The summed E-state index contributed by atoms with van der Waals surface area (Å²) >= 11 is 11.9. The SMILES string of the molecule is CC1=C(C)C(=NC#N)C(Cl)=C(Cl)C1=NC#N. The maximum atomic E-state index is 8.53. The van der Waals surface area contributed by atoms with E-state index in [0.29, 0.717) is 22.6 Å². The van der Waals surface area contributed by atoms with Crippen LogP contribution in [-0.4, -0.2) is 11.4 Å². The molecule has 0 saturated carbocycles. The number of nitriles is 2. The van der Waals surface area contributed by atoms with E-state index in [2.05, 4.69) is 9.98 Å². The van der Waals surface area contributed by atoms with Crippen molar-refractivity contribution in [1.82, 2.24) is 0 Å². The van der Waals surface area contributed by atoms with E-state index >= 15 is 0 Å². The average molecular weight is 253 g/mol. The summed E-state index contributed by atoms with van der Waals surface area (Å²) in [7, 11) is 0. The Morgan fingerprint density at radius 1 is 0.875 bits per heavy atom. The van der Waals surface area contributed by atoms with Gasteiger partial charge in [-0.05, 0) is 25.0 Å². The van der Waals surface area contributed by atoms with Crippen LogP contribution in [0.25, 0.3) is 0 Å². The van der Waals surface area contributed by atoms with Gasteiger partial charge in [-0.25, -0.2) is 0 Å². The Labute approximate surface area is 103 Å². The van der Waals surface area contributed by atoms with Gasteiger partial charge in [0.2, 0.25) is 12.4 Å². The second kappa shape index (κ2) is 4.94. The van der Waals surface area contributed by atoms with E-state index in [1.54, 1.807) is 26.2 Å². The van der Waals surface area contributed by atoms with Crippen molar-refractivity contribution in [2.24, 2.45) is 9.98 Å². The third-order valence-electron chi connectivity index (χ3n) is 2.21. The summed E-state index contributed by atoms with van der Waals surface area (Å²) < 4.78 is 0. The van der Waals surface area contributed by atoms with Gasteiger partial charge in [-0.1, -0.05) is 23.2 Å². The van der Waals surface area contributed by atoms with E-state index in [1.807, 2.05) is 0 Å². The zero-order valence-electron chi connectivity index (χ0n) is 8.54. The first-order valence-corrected chi connectivity index (χ1v) is 4.98. The van der Waals surface area contributed by atoms with Gasteiger partial charge in [-0.3, -0.25) is 0 Å². The fourth-order valence-electron chi connectivity index (χ4n) is 1.26. The molecule has 0 saturated heterocycles. The highest BCUT2D eigenvalue weighted by Gasteiger charge is 2.25. The number of aliphatic imine (C=N–C) groups is 2. The minimum Gasteiger partial charge on any atom is -0.172 e. The van der Waals surface area contributed by atoms with Crippen LogP contribution < -0.4 is 0 Å². The van der Waals surface area contributed by atoms with Crippen molar-refractivity contribution in [2.45, 2.75) is 13.8 Å². The fourth-order valence-corrected chi connectivity index (χ4v) is 1.81. The predicted molar refractivity (Wildman–Crippen MR) is 63.2 cm³/mol. The monoisotopic (exact) mass is 252 g/mol. The van der Waals surface area contributed by atoms with Crippen LogP contribution in [0.3, 0.4) is 0 Å². The summed E-state index contributed by atoms with van der Waals surface area (Å²) in [6.45, 7) is 3.48. The summed E-state index contributed by atoms with van der Waals surface area (Å²) in [6, 6.07) is 0. The van der Waals surface area contributed by atoms with Crippen LogP contribution in [0.15, 0.2) is 31.2 Å². The molecule has 6 heteroatoms. The van der Waals surface area contributed by atoms with Crippen molar-refractivity contribution in [3.05, 3.63) is 21.2 Å².